The molecule has 0 fully saturated rings. The number of rotatable bonds is 7. The predicted molar refractivity (Wildman–Crippen MR) is 55.6 cm³/mol. The first kappa shape index (κ1) is 12.7. The van der Waals surface area contributed by atoms with Gasteiger partial charge in [-0.2, -0.15) is 0 Å². The topological polar surface area (TPSA) is 27.7 Å². The van der Waals surface area contributed by atoms with Gasteiger partial charge in [0.25, 0.3) is 0 Å². The molecule has 0 aromatic carbocycles. The van der Waals surface area contributed by atoms with E-state index in [0.29, 0.717) is 6.79 Å². The van der Waals surface area contributed by atoms with E-state index in [0.717, 1.165) is 12.5 Å². The van der Waals surface area contributed by atoms with Crippen LogP contribution >= 0.6 is 0 Å². The minimum Gasteiger partial charge on any atom is -0.476 e. The van der Waals surface area contributed by atoms with Gasteiger partial charge in [0.05, 0.1) is 6.26 Å². The molecule has 0 heterocycles. The summed E-state index contributed by atoms with van der Waals surface area (Å²) in [4.78, 5) is 0. The lowest BCUT2D eigenvalue weighted by Crippen LogP contribution is -2.36. The third-order valence-electron chi connectivity index (χ3n) is 1.93. The van der Waals surface area contributed by atoms with Crippen LogP contribution in [-0.4, -0.2) is 22.5 Å². The molecule has 1 unspecified atom stereocenters. The first-order chi connectivity index (χ1) is 6.18. The number of hydrogen-bond donors (Lipinski definition) is 0. The van der Waals surface area contributed by atoms with Crippen LogP contribution in [0.1, 0.15) is 20.3 Å². The summed E-state index contributed by atoms with van der Waals surface area (Å²) in [5.41, 5.74) is 0. The maximum atomic E-state index is 5.52. The molecule has 0 saturated carbocycles. The standard InChI is InChI=1S/C9H20O3Si/c1-5-7-8-11-9-12-13(4,6-2)10-3/h7-8H,5-6,9H2,1-4H3. The van der Waals surface area contributed by atoms with Crippen molar-refractivity contribution in [2.45, 2.75) is 32.9 Å². The molecule has 4 heteroatoms. The lowest BCUT2D eigenvalue weighted by molar-refractivity contribution is 0.0478. The van der Waals surface area contributed by atoms with Crippen molar-refractivity contribution >= 4 is 8.56 Å². The Balaban J connectivity index is 3.55. The van der Waals surface area contributed by atoms with Gasteiger partial charge in [-0.05, 0) is 25.1 Å². The lowest BCUT2D eigenvalue weighted by atomic mass is 10.5. The van der Waals surface area contributed by atoms with Crippen molar-refractivity contribution in [1.82, 2.24) is 0 Å². The second-order valence-corrected chi connectivity index (χ2v) is 6.57. The molecule has 0 spiro atoms. The van der Waals surface area contributed by atoms with Gasteiger partial charge in [-0.1, -0.05) is 13.8 Å². The first-order valence-electron chi connectivity index (χ1n) is 4.64. The molecule has 0 saturated heterocycles. The van der Waals surface area contributed by atoms with Crippen LogP contribution in [-0.2, 0) is 13.6 Å². The van der Waals surface area contributed by atoms with E-state index in [1.807, 2.05) is 12.6 Å². The summed E-state index contributed by atoms with van der Waals surface area (Å²) in [6, 6.07) is 0.935. The van der Waals surface area contributed by atoms with Crippen LogP contribution in [0.15, 0.2) is 12.3 Å². The van der Waals surface area contributed by atoms with Crippen LogP contribution in [0, 0.1) is 0 Å². The second kappa shape index (κ2) is 7.12. The molecular formula is C9H20O3Si. The van der Waals surface area contributed by atoms with E-state index >= 15 is 0 Å². The van der Waals surface area contributed by atoms with E-state index in [4.69, 9.17) is 13.6 Å². The van der Waals surface area contributed by atoms with Gasteiger partial charge in [0.1, 0.15) is 0 Å². The summed E-state index contributed by atoms with van der Waals surface area (Å²) in [5, 5.41) is 0. The molecule has 0 bridgehead atoms. The Morgan fingerprint density at radius 2 is 2.00 bits per heavy atom. The van der Waals surface area contributed by atoms with Crippen LogP contribution in [0.3, 0.4) is 0 Å². The van der Waals surface area contributed by atoms with Crippen molar-refractivity contribution in [1.29, 1.82) is 0 Å². The summed E-state index contributed by atoms with van der Waals surface area (Å²) >= 11 is 0. The van der Waals surface area contributed by atoms with E-state index in [1.165, 1.54) is 0 Å². The molecule has 0 N–H and O–H groups in total. The zero-order chi connectivity index (χ0) is 10.2. The summed E-state index contributed by atoms with van der Waals surface area (Å²) in [6.45, 7) is 6.44. The van der Waals surface area contributed by atoms with Gasteiger partial charge in [-0.3, -0.25) is 0 Å². The minimum atomic E-state index is -1.92. The Morgan fingerprint density at radius 1 is 1.31 bits per heavy atom. The van der Waals surface area contributed by atoms with E-state index in [-0.39, 0.29) is 0 Å². The molecule has 1 atom stereocenters. The molecule has 78 valence electrons. The van der Waals surface area contributed by atoms with E-state index in [9.17, 15) is 0 Å². The minimum absolute atomic E-state index is 0.293. The predicted octanol–water partition coefficient (Wildman–Crippen LogP) is 2.64. The monoisotopic (exact) mass is 204 g/mol. The second-order valence-electron chi connectivity index (χ2n) is 2.90. The lowest BCUT2D eigenvalue weighted by Gasteiger charge is -2.22. The van der Waals surface area contributed by atoms with Crippen molar-refractivity contribution in [3.8, 4) is 0 Å². The largest absolute Gasteiger partial charge is 0.476 e. The van der Waals surface area contributed by atoms with E-state index in [2.05, 4.69) is 13.8 Å². The molecule has 0 aliphatic carbocycles. The molecule has 3 nitrogen and oxygen atoms in total. The summed E-state index contributed by atoms with van der Waals surface area (Å²) in [6.07, 6.45) is 4.59. The van der Waals surface area contributed by atoms with Gasteiger partial charge in [-0.15, -0.1) is 0 Å². The van der Waals surface area contributed by atoms with Gasteiger partial charge in [0.15, 0.2) is 6.79 Å². The van der Waals surface area contributed by atoms with Crippen molar-refractivity contribution in [2.75, 3.05) is 13.9 Å². The average molecular weight is 204 g/mol. The van der Waals surface area contributed by atoms with Crippen molar-refractivity contribution < 1.29 is 13.6 Å². The number of hydrogen-bond acceptors (Lipinski definition) is 3. The highest BCUT2D eigenvalue weighted by Gasteiger charge is 2.27. The fraction of sp³-hybridized carbons (Fsp3) is 0.778. The highest BCUT2D eigenvalue weighted by Crippen LogP contribution is 2.10. The maximum Gasteiger partial charge on any atom is 0.336 e. The Hall–Kier alpha value is -0.323. The van der Waals surface area contributed by atoms with E-state index in [1.54, 1.807) is 13.4 Å². The molecule has 0 aromatic rings. The normalized spacial score (nSPS) is 16.0. The molecule has 0 aliphatic heterocycles. The Labute approximate surface area is 81.9 Å². The third kappa shape index (κ3) is 5.85. The molecular weight excluding hydrogens is 184 g/mol. The van der Waals surface area contributed by atoms with Crippen LogP contribution < -0.4 is 0 Å². The van der Waals surface area contributed by atoms with Crippen LogP contribution in [0.25, 0.3) is 0 Å². The smallest absolute Gasteiger partial charge is 0.336 e. The quantitative estimate of drug-likeness (QED) is 0.276. The van der Waals surface area contributed by atoms with Crippen molar-refractivity contribution in [2.24, 2.45) is 0 Å². The molecule has 0 aliphatic rings. The Morgan fingerprint density at radius 3 is 2.46 bits per heavy atom. The van der Waals surface area contributed by atoms with Gasteiger partial charge in [-0.25, -0.2) is 0 Å². The van der Waals surface area contributed by atoms with Gasteiger partial charge in [0.2, 0.25) is 0 Å². The molecule has 0 radical (unpaired) electrons. The number of allylic oxidation sites excluding steroid dienone is 1. The fourth-order valence-electron chi connectivity index (χ4n) is 0.668. The molecule has 13 heavy (non-hydrogen) atoms. The van der Waals surface area contributed by atoms with Crippen molar-refractivity contribution in [3.05, 3.63) is 12.3 Å². The zero-order valence-electron chi connectivity index (χ0n) is 9.00. The van der Waals surface area contributed by atoms with E-state index < -0.39 is 8.56 Å². The maximum absolute atomic E-state index is 5.52. The van der Waals surface area contributed by atoms with Crippen LogP contribution in [0.4, 0.5) is 0 Å². The molecule has 0 aromatic heterocycles. The summed E-state index contributed by atoms with van der Waals surface area (Å²) in [7, 11) is -0.224. The number of ether oxygens (including phenoxy) is 1. The fourth-order valence-corrected chi connectivity index (χ4v) is 1.60. The van der Waals surface area contributed by atoms with Crippen LogP contribution in [0.5, 0.6) is 0 Å². The average Bonchev–Trinajstić information content (AvgIpc) is 2.17. The SMILES string of the molecule is CCC=COCO[Si](C)(CC)OC. The highest BCUT2D eigenvalue weighted by molar-refractivity contribution is 6.65. The molecule has 0 rings (SSSR count). The Kier molecular flexibility index (Phi) is 6.94. The highest BCUT2D eigenvalue weighted by atomic mass is 28.4. The zero-order valence-corrected chi connectivity index (χ0v) is 10.0. The van der Waals surface area contributed by atoms with Crippen LogP contribution in [0.2, 0.25) is 12.6 Å². The third-order valence-corrected chi connectivity index (χ3v) is 4.81. The molecule has 0 amide bonds. The van der Waals surface area contributed by atoms with Gasteiger partial charge in [0, 0.05) is 7.11 Å². The van der Waals surface area contributed by atoms with Gasteiger partial charge < -0.3 is 13.6 Å². The Bertz CT molecular complexity index is 144. The van der Waals surface area contributed by atoms with Gasteiger partial charge >= 0.3 is 8.56 Å². The first-order valence-corrected chi connectivity index (χ1v) is 7.16. The van der Waals surface area contributed by atoms with Crippen molar-refractivity contribution in [3.63, 3.8) is 0 Å². The summed E-state index contributed by atoms with van der Waals surface area (Å²) < 4.78 is 15.9. The summed E-state index contributed by atoms with van der Waals surface area (Å²) in [5.74, 6) is 0.